The van der Waals surface area contributed by atoms with Gasteiger partial charge in [-0.25, -0.2) is 4.68 Å². The fourth-order valence-electron chi connectivity index (χ4n) is 2.49. The molecule has 2 aromatic carbocycles. The van der Waals surface area contributed by atoms with Crippen LogP contribution in [0.5, 0.6) is 0 Å². The van der Waals surface area contributed by atoms with E-state index in [1.165, 1.54) is 0 Å². The second kappa shape index (κ2) is 8.62. The molecule has 0 saturated heterocycles. The van der Waals surface area contributed by atoms with Gasteiger partial charge in [-0.2, -0.15) is 5.10 Å². The number of aromatic nitrogens is 2. The Kier molecular flexibility index (Phi) is 5.77. The van der Waals surface area contributed by atoms with Gasteiger partial charge in [-0.05, 0) is 29.8 Å². The van der Waals surface area contributed by atoms with E-state index >= 15 is 0 Å². The number of benzene rings is 2. The van der Waals surface area contributed by atoms with E-state index < -0.39 is 0 Å². The lowest BCUT2D eigenvalue weighted by Gasteiger charge is -2.06. The molecule has 0 aliphatic rings. The summed E-state index contributed by atoms with van der Waals surface area (Å²) in [5.41, 5.74) is 2.38. The Bertz CT molecular complexity index is 860. The van der Waals surface area contributed by atoms with E-state index in [2.05, 4.69) is 15.7 Å². The molecule has 3 aromatic rings. The first-order chi connectivity index (χ1) is 12.7. The highest BCUT2D eigenvalue weighted by Gasteiger charge is 2.07. The van der Waals surface area contributed by atoms with Crippen molar-refractivity contribution < 1.29 is 9.59 Å². The Morgan fingerprint density at radius 3 is 2.27 bits per heavy atom. The molecule has 0 atom stereocenters. The van der Waals surface area contributed by atoms with E-state index in [0.717, 1.165) is 11.3 Å². The lowest BCUT2D eigenvalue weighted by molar-refractivity contribution is -0.120. The van der Waals surface area contributed by atoms with Gasteiger partial charge in [-0.3, -0.25) is 9.59 Å². The number of nitrogens with one attached hydrogen (secondary N) is 2. The highest BCUT2D eigenvalue weighted by Crippen LogP contribution is 2.08. The van der Waals surface area contributed by atoms with Crippen LogP contribution in [0.1, 0.15) is 15.9 Å². The van der Waals surface area contributed by atoms with E-state index in [0.29, 0.717) is 18.7 Å². The molecule has 3 rings (SSSR count). The maximum atomic E-state index is 12.0. The summed E-state index contributed by atoms with van der Waals surface area (Å²) in [6.07, 6.45) is 3.77. The third-order valence-corrected chi connectivity index (χ3v) is 3.79. The predicted octanol–water partition coefficient (Wildman–Crippen LogP) is 1.96. The van der Waals surface area contributed by atoms with Crippen molar-refractivity contribution in [2.75, 3.05) is 13.1 Å². The summed E-state index contributed by atoms with van der Waals surface area (Å²) in [5.74, 6) is -0.254. The lowest BCUT2D eigenvalue weighted by atomic mass is 10.2. The van der Waals surface area contributed by atoms with Crippen LogP contribution >= 0.6 is 0 Å². The number of amides is 2. The summed E-state index contributed by atoms with van der Waals surface area (Å²) < 4.78 is 1.74. The first-order valence-corrected chi connectivity index (χ1v) is 8.41. The molecule has 0 unspecified atom stereocenters. The number of hydrogen-bond donors (Lipinski definition) is 2. The zero-order valence-corrected chi connectivity index (χ0v) is 14.3. The molecule has 2 N–H and O–H groups in total. The summed E-state index contributed by atoms with van der Waals surface area (Å²) in [4.78, 5) is 23.9. The maximum absolute atomic E-state index is 12.0. The summed E-state index contributed by atoms with van der Waals surface area (Å²) in [7, 11) is 0. The van der Waals surface area contributed by atoms with Crippen molar-refractivity contribution in [1.82, 2.24) is 20.4 Å². The topological polar surface area (TPSA) is 76.0 Å². The minimum absolute atomic E-state index is 0.105. The van der Waals surface area contributed by atoms with Crippen molar-refractivity contribution in [1.29, 1.82) is 0 Å². The first-order valence-electron chi connectivity index (χ1n) is 8.41. The molecule has 0 aliphatic carbocycles. The molecular weight excluding hydrogens is 328 g/mol. The van der Waals surface area contributed by atoms with E-state index in [-0.39, 0.29) is 18.2 Å². The Labute approximate surface area is 151 Å². The quantitative estimate of drug-likeness (QED) is 0.641. The molecular formula is C20H20N4O2. The van der Waals surface area contributed by atoms with Gasteiger partial charge in [0, 0.05) is 24.8 Å². The van der Waals surface area contributed by atoms with Gasteiger partial charge in [-0.1, -0.05) is 36.4 Å². The highest BCUT2D eigenvalue weighted by atomic mass is 16.2. The van der Waals surface area contributed by atoms with Crippen LogP contribution in [0.2, 0.25) is 0 Å². The predicted molar refractivity (Wildman–Crippen MR) is 99.1 cm³/mol. The average molecular weight is 348 g/mol. The standard InChI is InChI=1S/C20H20N4O2/c25-19(21-11-12-22-20(26)17-7-3-1-4-8-17)13-16-14-23-24(15-16)18-9-5-2-6-10-18/h1-10,14-15H,11-13H2,(H,21,25)(H,22,26). The Hall–Kier alpha value is -3.41. The van der Waals surface area contributed by atoms with E-state index in [1.54, 1.807) is 23.0 Å². The van der Waals surface area contributed by atoms with Gasteiger partial charge in [0.05, 0.1) is 18.3 Å². The lowest BCUT2D eigenvalue weighted by Crippen LogP contribution is -2.35. The zero-order valence-electron chi connectivity index (χ0n) is 14.3. The summed E-state index contributed by atoms with van der Waals surface area (Å²) in [6.45, 7) is 0.757. The minimum Gasteiger partial charge on any atom is -0.354 e. The summed E-state index contributed by atoms with van der Waals surface area (Å²) >= 11 is 0. The van der Waals surface area contributed by atoms with Crippen LogP contribution in [-0.2, 0) is 11.2 Å². The van der Waals surface area contributed by atoms with E-state index in [1.807, 2.05) is 54.7 Å². The molecule has 2 amide bonds. The van der Waals surface area contributed by atoms with Crippen LogP contribution in [0.3, 0.4) is 0 Å². The van der Waals surface area contributed by atoms with Gasteiger partial charge in [0.2, 0.25) is 5.91 Å². The molecule has 1 heterocycles. The van der Waals surface area contributed by atoms with E-state index in [9.17, 15) is 9.59 Å². The van der Waals surface area contributed by atoms with Crippen molar-refractivity contribution in [3.63, 3.8) is 0 Å². The fraction of sp³-hybridized carbons (Fsp3) is 0.150. The fourth-order valence-corrected chi connectivity index (χ4v) is 2.49. The van der Waals surface area contributed by atoms with Crippen LogP contribution < -0.4 is 10.6 Å². The maximum Gasteiger partial charge on any atom is 0.251 e. The van der Waals surface area contributed by atoms with Crippen molar-refractivity contribution in [2.24, 2.45) is 0 Å². The number of para-hydroxylation sites is 1. The number of nitrogens with zero attached hydrogens (tertiary/aromatic N) is 2. The highest BCUT2D eigenvalue weighted by molar-refractivity contribution is 5.94. The van der Waals surface area contributed by atoms with Crippen molar-refractivity contribution in [3.8, 4) is 5.69 Å². The Balaban J connectivity index is 1.41. The molecule has 6 heteroatoms. The summed E-state index contributed by atoms with van der Waals surface area (Å²) in [5, 5.41) is 9.84. The van der Waals surface area contributed by atoms with Gasteiger partial charge < -0.3 is 10.6 Å². The molecule has 0 fully saturated rings. The van der Waals surface area contributed by atoms with Gasteiger partial charge in [0.1, 0.15) is 0 Å². The molecule has 6 nitrogen and oxygen atoms in total. The van der Waals surface area contributed by atoms with Crippen molar-refractivity contribution in [3.05, 3.63) is 84.2 Å². The van der Waals surface area contributed by atoms with Crippen molar-refractivity contribution >= 4 is 11.8 Å². The molecule has 26 heavy (non-hydrogen) atoms. The first kappa shape index (κ1) is 17.4. The molecule has 132 valence electrons. The number of rotatable bonds is 7. The van der Waals surface area contributed by atoms with Crippen LogP contribution in [0.15, 0.2) is 73.1 Å². The van der Waals surface area contributed by atoms with E-state index in [4.69, 9.17) is 0 Å². The van der Waals surface area contributed by atoms with Gasteiger partial charge in [-0.15, -0.1) is 0 Å². The largest absolute Gasteiger partial charge is 0.354 e. The van der Waals surface area contributed by atoms with Crippen molar-refractivity contribution in [2.45, 2.75) is 6.42 Å². The van der Waals surface area contributed by atoms with Crippen LogP contribution in [0.25, 0.3) is 5.69 Å². The van der Waals surface area contributed by atoms with Crippen LogP contribution in [-0.4, -0.2) is 34.7 Å². The normalized spacial score (nSPS) is 10.3. The minimum atomic E-state index is -0.149. The molecule has 0 saturated carbocycles. The average Bonchev–Trinajstić information content (AvgIpc) is 3.15. The molecule has 1 aromatic heterocycles. The Morgan fingerprint density at radius 1 is 0.885 bits per heavy atom. The molecule has 0 bridgehead atoms. The van der Waals surface area contributed by atoms with Crippen LogP contribution in [0, 0.1) is 0 Å². The number of hydrogen-bond acceptors (Lipinski definition) is 3. The van der Waals surface area contributed by atoms with Gasteiger partial charge in [0.25, 0.3) is 5.91 Å². The van der Waals surface area contributed by atoms with Crippen LogP contribution in [0.4, 0.5) is 0 Å². The number of carbonyl (C=O) groups is 2. The Morgan fingerprint density at radius 2 is 1.54 bits per heavy atom. The molecule has 0 spiro atoms. The summed E-state index contributed by atoms with van der Waals surface area (Å²) in [6, 6.07) is 18.7. The SMILES string of the molecule is O=C(Cc1cnn(-c2ccccc2)c1)NCCNC(=O)c1ccccc1. The monoisotopic (exact) mass is 348 g/mol. The second-order valence-electron chi connectivity index (χ2n) is 5.78. The van der Waals surface area contributed by atoms with Gasteiger partial charge in [0.15, 0.2) is 0 Å². The second-order valence-corrected chi connectivity index (χ2v) is 5.78. The van der Waals surface area contributed by atoms with Gasteiger partial charge >= 0.3 is 0 Å². The zero-order chi connectivity index (χ0) is 18.2. The third-order valence-electron chi connectivity index (χ3n) is 3.79. The molecule has 0 radical (unpaired) electrons. The third kappa shape index (κ3) is 4.80. The smallest absolute Gasteiger partial charge is 0.251 e. The number of carbonyl (C=O) groups excluding carboxylic acids is 2. The molecule has 0 aliphatic heterocycles.